The third kappa shape index (κ3) is 2.54. The smallest absolute Gasteiger partial charge is 0.358 e. The van der Waals surface area contributed by atoms with E-state index in [1.165, 1.54) is 0 Å². The van der Waals surface area contributed by atoms with E-state index < -0.39 is 5.97 Å². The van der Waals surface area contributed by atoms with Crippen molar-refractivity contribution in [2.24, 2.45) is 0 Å². The summed E-state index contributed by atoms with van der Waals surface area (Å²) in [6.07, 6.45) is 1.98. The largest absolute Gasteiger partial charge is 0.476 e. The highest BCUT2D eigenvalue weighted by molar-refractivity contribution is 6.02. The molecule has 21 heavy (non-hydrogen) atoms. The van der Waals surface area contributed by atoms with Crippen LogP contribution in [0.3, 0.4) is 0 Å². The molecule has 0 amide bonds. The van der Waals surface area contributed by atoms with Gasteiger partial charge in [-0.1, -0.05) is 18.2 Å². The third-order valence-electron chi connectivity index (χ3n) is 4.05. The summed E-state index contributed by atoms with van der Waals surface area (Å²) >= 11 is 0. The number of carboxylic acid groups (broad SMARTS) is 1. The van der Waals surface area contributed by atoms with Crippen LogP contribution in [0.1, 0.15) is 23.3 Å². The molecule has 2 aromatic rings. The molecule has 1 saturated heterocycles. The summed E-state index contributed by atoms with van der Waals surface area (Å²) in [4.78, 5) is 13.6. The molecule has 0 unspecified atom stereocenters. The van der Waals surface area contributed by atoms with Crippen LogP contribution in [0.5, 0.6) is 0 Å². The lowest BCUT2D eigenvalue weighted by Crippen LogP contribution is -2.42. The number of carbonyl (C=O) groups is 1. The molecule has 0 aliphatic carbocycles. The van der Waals surface area contributed by atoms with Crippen molar-refractivity contribution >= 4 is 22.6 Å². The summed E-state index contributed by atoms with van der Waals surface area (Å²) in [5, 5.41) is 21.5. The molecule has 6 nitrogen and oxygen atoms in total. The fourth-order valence-corrected chi connectivity index (χ4v) is 2.92. The van der Waals surface area contributed by atoms with Crippen molar-refractivity contribution < 1.29 is 9.90 Å². The first-order valence-electron chi connectivity index (χ1n) is 7.10. The number of anilines is 1. The fraction of sp³-hybridized carbons (Fsp3) is 0.400. The number of aromatic nitrogens is 2. The fourth-order valence-electron chi connectivity index (χ4n) is 2.92. The number of benzene rings is 1. The Balaban J connectivity index is 2.13. The number of hydrogen-bond donors (Lipinski definition) is 2. The van der Waals surface area contributed by atoms with Gasteiger partial charge in [0, 0.05) is 18.5 Å². The van der Waals surface area contributed by atoms with Gasteiger partial charge in [0.15, 0.2) is 5.69 Å². The van der Waals surface area contributed by atoms with E-state index in [4.69, 9.17) is 0 Å². The average Bonchev–Trinajstić information content (AvgIpc) is 2.53. The van der Waals surface area contributed by atoms with Crippen LogP contribution in [0.25, 0.3) is 10.9 Å². The number of nitrogens with zero attached hydrogens (tertiary/aromatic N) is 3. The van der Waals surface area contributed by atoms with Gasteiger partial charge in [-0.05, 0) is 32.0 Å². The van der Waals surface area contributed by atoms with Crippen molar-refractivity contribution in [2.75, 3.05) is 25.0 Å². The molecule has 1 fully saturated rings. The van der Waals surface area contributed by atoms with E-state index in [2.05, 4.69) is 20.4 Å². The molecular formula is C15H18N4O2. The molecule has 1 aromatic heterocycles. The molecule has 0 radical (unpaired) electrons. The molecule has 110 valence electrons. The average molecular weight is 286 g/mol. The molecule has 3 rings (SSSR count). The predicted molar refractivity (Wildman–Crippen MR) is 80.8 cm³/mol. The summed E-state index contributed by atoms with van der Waals surface area (Å²) in [5.41, 5.74) is 1.41. The molecular weight excluding hydrogens is 268 g/mol. The molecule has 6 heteroatoms. The molecule has 0 saturated carbocycles. The Morgan fingerprint density at radius 3 is 2.71 bits per heavy atom. The molecule has 2 N–H and O–H groups in total. The molecule has 0 atom stereocenters. The monoisotopic (exact) mass is 286 g/mol. The van der Waals surface area contributed by atoms with E-state index in [9.17, 15) is 9.90 Å². The number of aromatic carboxylic acids is 1. The number of rotatable bonds is 3. The van der Waals surface area contributed by atoms with Crippen LogP contribution in [0.4, 0.5) is 5.69 Å². The van der Waals surface area contributed by atoms with Crippen molar-refractivity contribution in [3.63, 3.8) is 0 Å². The van der Waals surface area contributed by atoms with Crippen molar-refractivity contribution in [2.45, 2.75) is 18.9 Å². The minimum Gasteiger partial charge on any atom is -0.476 e. The standard InChI is InChI=1S/C15H18N4O2/c1-19(10-6-8-16-9-7-10)14-11-4-2-3-5-12(11)17-18-13(14)15(20)21/h2-5,10,16H,6-9H2,1H3,(H,20,21). The number of carboxylic acids is 1. The Morgan fingerprint density at radius 1 is 1.29 bits per heavy atom. The van der Waals surface area contributed by atoms with Gasteiger partial charge >= 0.3 is 5.97 Å². The topological polar surface area (TPSA) is 78.4 Å². The van der Waals surface area contributed by atoms with Gasteiger partial charge in [0.1, 0.15) is 0 Å². The second-order valence-corrected chi connectivity index (χ2v) is 5.31. The van der Waals surface area contributed by atoms with Crippen LogP contribution in [0.15, 0.2) is 24.3 Å². The summed E-state index contributed by atoms with van der Waals surface area (Å²) in [7, 11) is 1.95. The number of piperidine rings is 1. The highest BCUT2D eigenvalue weighted by atomic mass is 16.4. The lowest BCUT2D eigenvalue weighted by Gasteiger charge is -2.34. The van der Waals surface area contributed by atoms with Gasteiger partial charge in [0.25, 0.3) is 0 Å². The van der Waals surface area contributed by atoms with Crippen molar-refractivity contribution in [1.82, 2.24) is 15.5 Å². The SMILES string of the molecule is CN(c1c(C(=O)O)nnc2ccccc12)C1CCNCC1. The molecule has 0 spiro atoms. The van der Waals surface area contributed by atoms with E-state index in [1.54, 1.807) is 0 Å². The van der Waals surface area contributed by atoms with Gasteiger partial charge in [0.05, 0.1) is 11.2 Å². The first kappa shape index (κ1) is 13.8. The van der Waals surface area contributed by atoms with Gasteiger partial charge < -0.3 is 15.3 Å². The molecule has 1 aliphatic heterocycles. The van der Waals surface area contributed by atoms with Crippen LogP contribution in [0.2, 0.25) is 0 Å². The second kappa shape index (κ2) is 5.65. The van der Waals surface area contributed by atoms with Gasteiger partial charge in [-0.15, -0.1) is 10.2 Å². The van der Waals surface area contributed by atoms with Gasteiger partial charge in [-0.25, -0.2) is 4.79 Å². The lowest BCUT2D eigenvalue weighted by atomic mass is 10.0. The first-order valence-corrected chi connectivity index (χ1v) is 7.10. The minimum atomic E-state index is -1.04. The van der Waals surface area contributed by atoms with Crippen LogP contribution in [-0.2, 0) is 0 Å². The Hall–Kier alpha value is -2.21. The summed E-state index contributed by atoms with van der Waals surface area (Å²) in [6.45, 7) is 1.90. The van der Waals surface area contributed by atoms with E-state index in [-0.39, 0.29) is 5.69 Å². The van der Waals surface area contributed by atoms with Crippen molar-refractivity contribution in [3.05, 3.63) is 30.0 Å². The molecule has 2 heterocycles. The van der Waals surface area contributed by atoms with Gasteiger partial charge in [0.2, 0.25) is 0 Å². The Morgan fingerprint density at radius 2 is 2.00 bits per heavy atom. The zero-order valence-corrected chi connectivity index (χ0v) is 11.9. The van der Waals surface area contributed by atoms with E-state index in [0.29, 0.717) is 11.7 Å². The number of fused-ring (bicyclic) bond motifs is 1. The molecule has 0 bridgehead atoms. The van der Waals surface area contributed by atoms with Gasteiger partial charge in [-0.2, -0.15) is 0 Å². The van der Waals surface area contributed by atoms with Crippen molar-refractivity contribution in [3.8, 4) is 0 Å². The van der Waals surface area contributed by atoms with Crippen LogP contribution in [-0.4, -0.2) is 47.5 Å². The Kier molecular flexibility index (Phi) is 3.70. The third-order valence-corrected chi connectivity index (χ3v) is 4.05. The summed E-state index contributed by atoms with van der Waals surface area (Å²) < 4.78 is 0. The summed E-state index contributed by atoms with van der Waals surface area (Å²) in [6, 6.07) is 7.86. The maximum absolute atomic E-state index is 11.5. The van der Waals surface area contributed by atoms with Crippen LogP contribution < -0.4 is 10.2 Å². The van der Waals surface area contributed by atoms with Crippen LogP contribution >= 0.6 is 0 Å². The molecule has 1 aliphatic rings. The zero-order chi connectivity index (χ0) is 14.8. The zero-order valence-electron chi connectivity index (χ0n) is 11.9. The van der Waals surface area contributed by atoms with Crippen LogP contribution in [0, 0.1) is 0 Å². The Bertz CT molecular complexity index is 668. The lowest BCUT2D eigenvalue weighted by molar-refractivity contribution is 0.0690. The van der Waals surface area contributed by atoms with E-state index in [1.807, 2.05) is 31.3 Å². The van der Waals surface area contributed by atoms with Crippen molar-refractivity contribution in [1.29, 1.82) is 0 Å². The highest BCUT2D eigenvalue weighted by Crippen LogP contribution is 2.30. The second-order valence-electron chi connectivity index (χ2n) is 5.31. The maximum atomic E-state index is 11.5. The van der Waals surface area contributed by atoms with E-state index in [0.717, 1.165) is 36.8 Å². The van der Waals surface area contributed by atoms with E-state index >= 15 is 0 Å². The first-order chi connectivity index (χ1) is 10.2. The minimum absolute atomic E-state index is 0.0229. The normalized spacial score (nSPS) is 16.0. The summed E-state index contributed by atoms with van der Waals surface area (Å²) in [5.74, 6) is -1.04. The molecule has 1 aromatic carbocycles. The number of nitrogens with one attached hydrogen (secondary N) is 1. The maximum Gasteiger partial charge on any atom is 0.358 e. The predicted octanol–water partition coefficient (Wildman–Crippen LogP) is 1.52. The highest BCUT2D eigenvalue weighted by Gasteiger charge is 2.25. The number of hydrogen-bond acceptors (Lipinski definition) is 5. The van der Waals surface area contributed by atoms with Gasteiger partial charge in [-0.3, -0.25) is 0 Å². The quantitative estimate of drug-likeness (QED) is 0.890. The Labute approximate surface area is 122 Å².